The van der Waals surface area contributed by atoms with Crippen LogP contribution < -0.4 is 10.2 Å². The number of amides is 3. The van der Waals surface area contributed by atoms with E-state index in [4.69, 9.17) is 0 Å². The molecule has 3 amide bonds. The standard InChI is InChI=1S/C18H21N3O2S/c1-2-20(13-16-5-4-12-24-16)18(23)19-14-7-9-15(10-8-14)21-11-3-6-17(21)22/h4-5,7-10,12H,2-3,6,11,13H2,1H3,(H,19,23). The average molecular weight is 343 g/mol. The van der Waals surface area contributed by atoms with Crippen LogP contribution in [0.1, 0.15) is 24.6 Å². The van der Waals surface area contributed by atoms with Crippen LogP contribution in [0.4, 0.5) is 16.2 Å². The van der Waals surface area contributed by atoms with Gasteiger partial charge in [-0.25, -0.2) is 4.79 Å². The zero-order valence-corrected chi connectivity index (χ0v) is 14.5. The van der Waals surface area contributed by atoms with Crippen LogP contribution in [-0.2, 0) is 11.3 Å². The molecule has 1 aromatic carbocycles. The topological polar surface area (TPSA) is 52.7 Å². The summed E-state index contributed by atoms with van der Waals surface area (Å²) in [6.45, 7) is 3.99. The maximum absolute atomic E-state index is 12.4. The van der Waals surface area contributed by atoms with Gasteiger partial charge in [-0.05, 0) is 49.1 Å². The molecule has 0 bridgehead atoms. The van der Waals surface area contributed by atoms with Crippen molar-refractivity contribution in [3.8, 4) is 0 Å². The highest BCUT2D eigenvalue weighted by Gasteiger charge is 2.21. The van der Waals surface area contributed by atoms with Gasteiger partial charge >= 0.3 is 6.03 Å². The Morgan fingerprint density at radius 1 is 1.29 bits per heavy atom. The first-order valence-corrected chi connectivity index (χ1v) is 9.04. The van der Waals surface area contributed by atoms with Crippen molar-refractivity contribution in [2.24, 2.45) is 0 Å². The minimum absolute atomic E-state index is 0.115. The van der Waals surface area contributed by atoms with Crippen molar-refractivity contribution in [3.05, 3.63) is 46.7 Å². The zero-order valence-electron chi connectivity index (χ0n) is 13.7. The lowest BCUT2D eigenvalue weighted by atomic mass is 10.2. The number of thiophene rings is 1. The predicted octanol–water partition coefficient (Wildman–Crippen LogP) is 3.93. The Morgan fingerprint density at radius 3 is 2.67 bits per heavy atom. The molecule has 24 heavy (non-hydrogen) atoms. The molecule has 0 atom stereocenters. The average Bonchev–Trinajstić information content (AvgIpc) is 3.25. The Bertz CT molecular complexity index is 698. The number of hydrogen-bond acceptors (Lipinski definition) is 3. The molecular formula is C18H21N3O2S. The summed E-state index contributed by atoms with van der Waals surface area (Å²) in [5.41, 5.74) is 1.63. The Balaban J connectivity index is 1.62. The van der Waals surface area contributed by atoms with Crippen LogP contribution in [0.5, 0.6) is 0 Å². The number of urea groups is 1. The highest BCUT2D eigenvalue weighted by atomic mass is 32.1. The maximum Gasteiger partial charge on any atom is 0.322 e. The minimum atomic E-state index is -0.115. The van der Waals surface area contributed by atoms with Crippen molar-refractivity contribution >= 4 is 34.6 Å². The Morgan fingerprint density at radius 2 is 2.08 bits per heavy atom. The third-order valence-electron chi connectivity index (χ3n) is 4.10. The highest BCUT2D eigenvalue weighted by molar-refractivity contribution is 7.09. The van der Waals surface area contributed by atoms with E-state index in [1.165, 1.54) is 0 Å². The van der Waals surface area contributed by atoms with E-state index >= 15 is 0 Å². The molecular weight excluding hydrogens is 322 g/mol. The van der Waals surface area contributed by atoms with E-state index in [-0.39, 0.29) is 11.9 Å². The minimum Gasteiger partial charge on any atom is -0.320 e. The van der Waals surface area contributed by atoms with Crippen molar-refractivity contribution < 1.29 is 9.59 Å². The molecule has 0 radical (unpaired) electrons. The van der Waals surface area contributed by atoms with E-state index in [0.717, 1.165) is 29.2 Å². The second-order valence-corrected chi connectivity index (χ2v) is 6.75. The van der Waals surface area contributed by atoms with Gasteiger partial charge in [-0.1, -0.05) is 6.07 Å². The molecule has 6 heteroatoms. The van der Waals surface area contributed by atoms with Crippen LogP contribution in [-0.4, -0.2) is 29.9 Å². The summed E-state index contributed by atoms with van der Waals surface area (Å²) in [7, 11) is 0. The van der Waals surface area contributed by atoms with Gasteiger partial charge in [-0.2, -0.15) is 0 Å². The first-order chi connectivity index (χ1) is 11.7. The lowest BCUT2D eigenvalue weighted by molar-refractivity contribution is -0.117. The Hall–Kier alpha value is -2.34. The molecule has 0 spiro atoms. The van der Waals surface area contributed by atoms with Gasteiger partial charge in [-0.15, -0.1) is 11.3 Å². The summed E-state index contributed by atoms with van der Waals surface area (Å²) in [6.07, 6.45) is 1.53. The van der Waals surface area contributed by atoms with Gasteiger partial charge in [-0.3, -0.25) is 4.79 Å². The molecule has 1 N–H and O–H groups in total. The molecule has 1 aliphatic heterocycles. The number of benzene rings is 1. The van der Waals surface area contributed by atoms with E-state index in [9.17, 15) is 9.59 Å². The molecule has 0 aliphatic carbocycles. The van der Waals surface area contributed by atoms with E-state index in [1.54, 1.807) is 21.1 Å². The first-order valence-electron chi connectivity index (χ1n) is 8.16. The molecule has 1 aliphatic rings. The number of nitrogens with zero attached hydrogens (tertiary/aromatic N) is 2. The molecule has 5 nitrogen and oxygen atoms in total. The summed E-state index contributed by atoms with van der Waals surface area (Å²) in [5, 5.41) is 4.94. The second-order valence-electron chi connectivity index (χ2n) is 5.72. The molecule has 2 aromatic rings. The quantitative estimate of drug-likeness (QED) is 0.894. The van der Waals surface area contributed by atoms with Gasteiger partial charge in [0.05, 0.1) is 6.54 Å². The second kappa shape index (κ2) is 7.49. The van der Waals surface area contributed by atoms with Gasteiger partial charge in [0.2, 0.25) is 5.91 Å². The first kappa shape index (κ1) is 16.5. The molecule has 1 aromatic heterocycles. The monoisotopic (exact) mass is 343 g/mol. The molecule has 1 fully saturated rings. The van der Waals surface area contributed by atoms with Crippen LogP contribution in [0.2, 0.25) is 0 Å². The predicted molar refractivity (Wildman–Crippen MR) is 97.5 cm³/mol. The number of nitrogens with one attached hydrogen (secondary N) is 1. The van der Waals surface area contributed by atoms with Crippen LogP contribution in [0.15, 0.2) is 41.8 Å². The van der Waals surface area contributed by atoms with Crippen molar-refractivity contribution in [2.45, 2.75) is 26.3 Å². The fraction of sp³-hybridized carbons (Fsp3) is 0.333. The zero-order chi connectivity index (χ0) is 16.9. The van der Waals surface area contributed by atoms with Gasteiger partial charge in [0.1, 0.15) is 0 Å². The van der Waals surface area contributed by atoms with E-state index < -0.39 is 0 Å². The fourth-order valence-electron chi connectivity index (χ4n) is 2.77. The van der Waals surface area contributed by atoms with Crippen molar-refractivity contribution in [3.63, 3.8) is 0 Å². The van der Waals surface area contributed by atoms with E-state index in [2.05, 4.69) is 5.32 Å². The van der Waals surface area contributed by atoms with Crippen molar-refractivity contribution in [1.29, 1.82) is 0 Å². The number of hydrogen-bond donors (Lipinski definition) is 1. The van der Waals surface area contributed by atoms with Gasteiger partial charge in [0.15, 0.2) is 0 Å². The molecule has 3 rings (SSSR count). The largest absolute Gasteiger partial charge is 0.322 e. The molecule has 126 valence electrons. The van der Waals surface area contributed by atoms with Gasteiger partial charge < -0.3 is 15.1 Å². The van der Waals surface area contributed by atoms with E-state index in [1.807, 2.05) is 48.7 Å². The van der Waals surface area contributed by atoms with Crippen LogP contribution in [0, 0.1) is 0 Å². The maximum atomic E-state index is 12.4. The van der Waals surface area contributed by atoms with Crippen molar-refractivity contribution in [1.82, 2.24) is 4.90 Å². The summed E-state index contributed by atoms with van der Waals surface area (Å²) in [4.78, 5) is 28.9. The fourth-order valence-corrected chi connectivity index (χ4v) is 3.49. The SMILES string of the molecule is CCN(Cc1cccs1)C(=O)Nc1ccc(N2CCCC2=O)cc1. The smallest absolute Gasteiger partial charge is 0.320 e. The van der Waals surface area contributed by atoms with Crippen LogP contribution in [0.3, 0.4) is 0 Å². The van der Waals surface area contributed by atoms with Crippen LogP contribution in [0.25, 0.3) is 0 Å². The normalized spacial score (nSPS) is 14.0. The van der Waals surface area contributed by atoms with Crippen molar-refractivity contribution in [2.75, 3.05) is 23.3 Å². The number of rotatable bonds is 5. The summed E-state index contributed by atoms with van der Waals surface area (Å²) in [5.74, 6) is 0.167. The highest BCUT2D eigenvalue weighted by Crippen LogP contribution is 2.23. The third kappa shape index (κ3) is 3.76. The molecule has 1 saturated heterocycles. The molecule has 2 heterocycles. The van der Waals surface area contributed by atoms with Crippen LogP contribution >= 0.6 is 11.3 Å². The lowest BCUT2D eigenvalue weighted by Gasteiger charge is -2.21. The van der Waals surface area contributed by atoms with E-state index in [0.29, 0.717) is 19.5 Å². The third-order valence-corrected chi connectivity index (χ3v) is 4.96. The summed E-state index contributed by atoms with van der Waals surface area (Å²) < 4.78 is 0. The molecule has 0 unspecified atom stereocenters. The Labute approximate surface area is 145 Å². The number of carbonyl (C=O) groups is 2. The van der Waals surface area contributed by atoms with Gasteiger partial charge in [0.25, 0.3) is 0 Å². The Kier molecular flexibility index (Phi) is 5.15. The number of carbonyl (C=O) groups excluding carboxylic acids is 2. The number of anilines is 2. The van der Waals surface area contributed by atoms with Gasteiger partial charge in [0, 0.05) is 35.8 Å². The molecule has 0 saturated carbocycles. The summed E-state index contributed by atoms with van der Waals surface area (Å²) in [6, 6.07) is 11.4. The summed E-state index contributed by atoms with van der Waals surface area (Å²) >= 11 is 1.65. The lowest BCUT2D eigenvalue weighted by Crippen LogP contribution is -2.34.